The van der Waals surface area contributed by atoms with Gasteiger partial charge in [-0.3, -0.25) is 4.79 Å². The molecule has 4 rings (SSSR count). The Morgan fingerprint density at radius 2 is 1.73 bits per heavy atom. The molecule has 2 aromatic carbocycles. The van der Waals surface area contributed by atoms with Gasteiger partial charge in [0.2, 0.25) is 11.0 Å². The zero-order valence-electron chi connectivity index (χ0n) is 16.0. The van der Waals surface area contributed by atoms with Crippen molar-refractivity contribution in [1.82, 2.24) is 10.2 Å². The predicted molar refractivity (Wildman–Crippen MR) is 127 cm³/mol. The third-order valence-corrected chi connectivity index (χ3v) is 7.39. The molecule has 2 aromatic heterocycles. The molecule has 0 saturated heterocycles. The predicted octanol–water partition coefficient (Wildman–Crippen LogP) is 5.73. The molecule has 0 bridgehead atoms. The first-order chi connectivity index (χ1) is 14.8. The number of anilines is 2. The first-order valence-electron chi connectivity index (χ1n) is 9.45. The van der Waals surface area contributed by atoms with Crippen molar-refractivity contribution in [3.63, 3.8) is 0 Å². The van der Waals surface area contributed by atoms with Crippen molar-refractivity contribution in [2.75, 3.05) is 17.2 Å². The Morgan fingerprint density at radius 3 is 2.47 bits per heavy atom. The Labute approximate surface area is 187 Å². The molecule has 0 aliphatic rings. The molecule has 0 saturated carbocycles. The summed E-state index contributed by atoms with van der Waals surface area (Å²) in [6.45, 7) is 0.802. The second-order valence-corrected chi connectivity index (χ2v) is 9.76. The highest BCUT2D eigenvalue weighted by atomic mass is 32.2. The van der Waals surface area contributed by atoms with Gasteiger partial charge in [-0.15, -0.1) is 21.5 Å². The molecule has 0 radical (unpaired) electrons. The van der Waals surface area contributed by atoms with Crippen LogP contribution in [0, 0.1) is 0 Å². The highest BCUT2D eigenvalue weighted by Gasteiger charge is 2.24. The average molecular weight is 453 g/mol. The number of rotatable bonds is 9. The van der Waals surface area contributed by atoms with Gasteiger partial charge in [0.15, 0.2) is 4.34 Å². The number of benzene rings is 2. The summed E-state index contributed by atoms with van der Waals surface area (Å²) in [7, 11) is 0. The summed E-state index contributed by atoms with van der Waals surface area (Å²) in [6.07, 6.45) is 0.950. The third-order valence-electron chi connectivity index (χ3n) is 4.23. The molecule has 1 atom stereocenters. The van der Waals surface area contributed by atoms with E-state index in [-0.39, 0.29) is 5.91 Å². The SMILES string of the molecule is O=C(Nc1ccccc1)C(Sc1nnc(NCCc2cccs2)s1)c1ccccc1. The smallest absolute Gasteiger partial charge is 0.242 e. The van der Waals surface area contributed by atoms with Crippen LogP contribution in [0.2, 0.25) is 0 Å². The van der Waals surface area contributed by atoms with Crippen LogP contribution >= 0.6 is 34.4 Å². The number of thioether (sulfide) groups is 1. The summed E-state index contributed by atoms with van der Waals surface area (Å²) in [5, 5.41) is 17.3. The fourth-order valence-electron chi connectivity index (χ4n) is 2.81. The van der Waals surface area contributed by atoms with Crippen molar-refractivity contribution >= 4 is 51.2 Å². The van der Waals surface area contributed by atoms with Gasteiger partial charge in [0.25, 0.3) is 0 Å². The third kappa shape index (κ3) is 5.69. The molecule has 5 nitrogen and oxygen atoms in total. The molecule has 2 heterocycles. The highest BCUT2D eigenvalue weighted by molar-refractivity contribution is 8.02. The molecule has 152 valence electrons. The molecule has 0 spiro atoms. The van der Waals surface area contributed by atoms with E-state index in [1.165, 1.54) is 28.0 Å². The standard InChI is InChI=1S/C22H20N4OS3/c27-20(24-17-10-5-2-6-11-17)19(16-8-3-1-4-9-16)29-22-26-25-21(30-22)23-14-13-18-12-7-15-28-18/h1-12,15,19H,13-14H2,(H,23,25)(H,24,27). The molecule has 0 aliphatic carbocycles. The summed E-state index contributed by atoms with van der Waals surface area (Å²) in [6, 6.07) is 23.4. The number of carbonyl (C=O) groups is 1. The second-order valence-electron chi connectivity index (χ2n) is 6.39. The van der Waals surface area contributed by atoms with Gasteiger partial charge in [-0.1, -0.05) is 77.7 Å². The quantitative estimate of drug-likeness (QED) is 0.318. The van der Waals surface area contributed by atoms with E-state index in [4.69, 9.17) is 0 Å². The number of nitrogens with one attached hydrogen (secondary N) is 2. The molecular weight excluding hydrogens is 432 g/mol. The molecule has 0 aliphatic heterocycles. The van der Waals surface area contributed by atoms with Crippen LogP contribution in [-0.2, 0) is 11.2 Å². The van der Waals surface area contributed by atoms with Crippen LogP contribution in [0.25, 0.3) is 0 Å². The van der Waals surface area contributed by atoms with Crippen molar-refractivity contribution in [2.45, 2.75) is 16.0 Å². The highest BCUT2D eigenvalue weighted by Crippen LogP contribution is 2.38. The fraction of sp³-hybridized carbons (Fsp3) is 0.136. The zero-order valence-corrected chi connectivity index (χ0v) is 18.5. The fourth-order valence-corrected chi connectivity index (χ4v) is 5.49. The van der Waals surface area contributed by atoms with E-state index in [0.29, 0.717) is 0 Å². The second kappa shape index (κ2) is 10.4. The summed E-state index contributed by atoms with van der Waals surface area (Å²) in [5.41, 5.74) is 1.70. The maximum Gasteiger partial charge on any atom is 0.242 e. The van der Waals surface area contributed by atoms with Crippen LogP contribution in [0.3, 0.4) is 0 Å². The lowest BCUT2D eigenvalue weighted by Gasteiger charge is -2.15. The Morgan fingerprint density at radius 1 is 0.967 bits per heavy atom. The summed E-state index contributed by atoms with van der Waals surface area (Å²) in [5.74, 6) is -0.0835. The van der Waals surface area contributed by atoms with Gasteiger partial charge in [0.1, 0.15) is 5.25 Å². The van der Waals surface area contributed by atoms with E-state index in [1.807, 2.05) is 60.7 Å². The van der Waals surface area contributed by atoms with E-state index in [9.17, 15) is 4.79 Å². The monoisotopic (exact) mass is 452 g/mol. The lowest BCUT2D eigenvalue weighted by atomic mass is 10.1. The minimum Gasteiger partial charge on any atom is -0.360 e. The molecule has 1 amide bonds. The van der Waals surface area contributed by atoms with Crippen LogP contribution in [0.4, 0.5) is 10.8 Å². The molecule has 4 aromatic rings. The van der Waals surface area contributed by atoms with E-state index in [1.54, 1.807) is 11.3 Å². The Balaban J connectivity index is 1.43. The van der Waals surface area contributed by atoms with Crippen LogP contribution in [0.1, 0.15) is 15.7 Å². The summed E-state index contributed by atoms with van der Waals surface area (Å²) < 4.78 is 0.755. The van der Waals surface area contributed by atoms with Crippen molar-refractivity contribution in [3.05, 3.63) is 88.6 Å². The van der Waals surface area contributed by atoms with Gasteiger partial charge in [-0.05, 0) is 35.6 Å². The van der Waals surface area contributed by atoms with Gasteiger partial charge in [0, 0.05) is 17.1 Å². The van der Waals surface area contributed by atoms with Crippen LogP contribution in [-0.4, -0.2) is 22.6 Å². The van der Waals surface area contributed by atoms with Crippen molar-refractivity contribution in [3.8, 4) is 0 Å². The Hall–Kier alpha value is -2.68. The molecule has 2 N–H and O–H groups in total. The van der Waals surface area contributed by atoms with Crippen LogP contribution in [0.15, 0.2) is 82.5 Å². The van der Waals surface area contributed by atoms with Gasteiger partial charge in [0.05, 0.1) is 0 Å². The number of amides is 1. The number of thiophene rings is 1. The summed E-state index contributed by atoms with van der Waals surface area (Å²) in [4.78, 5) is 14.4. The van der Waals surface area contributed by atoms with Gasteiger partial charge in [-0.25, -0.2) is 0 Å². The van der Waals surface area contributed by atoms with E-state index in [0.717, 1.165) is 33.7 Å². The topological polar surface area (TPSA) is 66.9 Å². The van der Waals surface area contributed by atoms with Crippen molar-refractivity contribution in [1.29, 1.82) is 0 Å². The summed E-state index contributed by atoms with van der Waals surface area (Å²) >= 11 is 4.64. The minimum atomic E-state index is -0.418. The first kappa shape index (κ1) is 20.6. The number of hydrogen-bond acceptors (Lipinski definition) is 7. The average Bonchev–Trinajstić information content (AvgIpc) is 3.46. The molecule has 1 unspecified atom stereocenters. The number of carbonyl (C=O) groups excluding carboxylic acids is 1. The molecule has 0 fully saturated rings. The Bertz CT molecular complexity index is 1050. The zero-order chi connectivity index (χ0) is 20.6. The number of aromatic nitrogens is 2. The van der Waals surface area contributed by atoms with E-state index < -0.39 is 5.25 Å². The van der Waals surface area contributed by atoms with Crippen molar-refractivity contribution < 1.29 is 4.79 Å². The minimum absolute atomic E-state index is 0.0835. The van der Waals surface area contributed by atoms with Gasteiger partial charge >= 0.3 is 0 Å². The molecule has 8 heteroatoms. The van der Waals surface area contributed by atoms with Gasteiger partial charge < -0.3 is 10.6 Å². The number of para-hydroxylation sites is 1. The Kier molecular flexibility index (Phi) is 7.12. The largest absolute Gasteiger partial charge is 0.360 e. The van der Waals surface area contributed by atoms with Gasteiger partial charge in [-0.2, -0.15) is 0 Å². The normalized spacial score (nSPS) is 11.7. The van der Waals surface area contributed by atoms with E-state index in [2.05, 4.69) is 38.3 Å². The molecular formula is C22H20N4OS3. The maximum absolute atomic E-state index is 13.0. The van der Waals surface area contributed by atoms with Crippen molar-refractivity contribution in [2.24, 2.45) is 0 Å². The van der Waals surface area contributed by atoms with Crippen LogP contribution < -0.4 is 10.6 Å². The van der Waals surface area contributed by atoms with Crippen LogP contribution in [0.5, 0.6) is 0 Å². The van der Waals surface area contributed by atoms with E-state index >= 15 is 0 Å². The number of hydrogen-bond donors (Lipinski definition) is 2. The maximum atomic E-state index is 13.0. The first-order valence-corrected chi connectivity index (χ1v) is 12.0. The number of nitrogens with zero attached hydrogens (tertiary/aromatic N) is 2. The lowest BCUT2D eigenvalue weighted by Crippen LogP contribution is -2.18. The lowest BCUT2D eigenvalue weighted by molar-refractivity contribution is -0.115. The molecule has 30 heavy (non-hydrogen) atoms.